The molecule has 1 aliphatic carbocycles. The summed E-state index contributed by atoms with van der Waals surface area (Å²) in [7, 11) is 0. The SMILES string of the molecule is O=C(COC(=O)C(F)(F)SOOO)OC1CCCCC1. The summed E-state index contributed by atoms with van der Waals surface area (Å²) in [6, 6.07) is 0. The molecule has 0 aromatic rings. The topological polar surface area (TPSA) is 91.3 Å². The Labute approximate surface area is 117 Å². The van der Waals surface area contributed by atoms with Gasteiger partial charge < -0.3 is 9.47 Å². The largest absolute Gasteiger partial charge is 0.460 e. The highest BCUT2D eigenvalue weighted by Gasteiger charge is 2.44. The Morgan fingerprint density at radius 2 is 1.90 bits per heavy atom. The summed E-state index contributed by atoms with van der Waals surface area (Å²) in [5.41, 5.74) is 0. The quantitative estimate of drug-likeness (QED) is 0.330. The van der Waals surface area contributed by atoms with Crippen molar-refractivity contribution in [2.75, 3.05) is 6.61 Å². The summed E-state index contributed by atoms with van der Waals surface area (Å²) >= 11 is -0.758. The first-order valence-electron chi connectivity index (χ1n) is 5.86. The molecule has 0 aromatic carbocycles. The molecule has 0 spiro atoms. The van der Waals surface area contributed by atoms with Crippen molar-refractivity contribution in [3.8, 4) is 0 Å². The molecule has 0 heterocycles. The normalized spacial score (nSPS) is 16.8. The number of esters is 2. The van der Waals surface area contributed by atoms with Gasteiger partial charge in [-0.15, -0.1) is 4.33 Å². The van der Waals surface area contributed by atoms with Crippen molar-refractivity contribution < 1.29 is 42.5 Å². The predicted octanol–water partition coefficient (Wildman–Crippen LogP) is 2.07. The van der Waals surface area contributed by atoms with Crippen molar-refractivity contribution in [3.63, 3.8) is 0 Å². The Hall–Kier alpha value is -0.970. The Balaban J connectivity index is 2.27. The van der Waals surface area contributed by atoms with E-state index in [1.807, 2.05) is 0 Å². The van der Waals surface area contributed by atoms with Crippen LogP contribution < -0.4 is 0 Å². The van der Waals surface area contributed by atoms with Crippen LogP contribution in [0.5, 0.6) is 0 Å². The van der Waals surface area contributed by atoms with E-state index in [2.05, 4.69) is 14.1 Å². The second-order valence-corrected chi connectivity index (χ2v) is 4.88. The van der Waals surface area contributed by atoms with E-state index in [0.29, 0.717) is 12.8 Å². The molecule has 0 saturated heterocycles. The van der Waals surface area contributed by atoms with Gasteiger partial charge in [-0.3, -0.25) is 0 Å². The number of carbonyl (C=O) groups is 2. The maximum absolute atomic E-state index is 12.9. The van der Waals surface area contributed by atoms with E-state index < -0.39 is 35.8 Å². The average Bonchev–Trinajstić information content (AvgIpc) is 2.43. The van der Waals surface area contributed by atoms with E-state index in [0.717, 1.165) is 19.3 Å². The number of rotatable bonds is 7. The predicted molar refractivity (Wildman–Crippen MR) is 61.3 cm³/mol. The molecular formula is C10H14F2O7S. The molecule has 0 aliphatic heterocycles. The molecule has 1 fully saturated rings. The highest BCUT2D eigenvalue weighted by Crippen LogP contribution is 2.31. The second-order valence-electron chi connectivity index (χ2n) is 4.07. The van der Waals surface area contributed by atoms with Crippen molar-refractivity contribution >= 4 is 24.0 Å². The van der Waals surface area contributed by atoms with Crippen LogP contribution in [0.4, 0.5) is 8.78 Å². The first-order valence-corrected chi connectivity index (χ1v) is 6.60. The molecule has 0 radical (unpaired) electrons. The zero-order valence-corrected chi connectivity index (χ0v) is 11.2. The van der Waals surface area contributed by atoms with Gasteiger partial charge in [0.05, 0.1) is 0 Å². The lowest BCUT2D eigenvalue weighted by atomic mass is 9.98. The number of halogens is 2. The molecule has 20 heavy (non-hydrogen) atoms. The van der Waals surface area contributed by atoms with Crippen LogP contribution in [0, 0.1) is 0 Å². The molecule has 0 atom stereocenters. The molecule has 7 nitrogen and oxygen atoms in total. The number of ether oxygens (including phenoxy) is 2. The number of hydrogen-bond donors (Lipinski definition) is 1. The summed E-state index contributed by atoms with van der Waals surface area (Å²) in [5.74, 6) is -2.88. The minimum absolute atomic E-state index is 0.254. The van der Waals surface area contributed by atoms with Gasteiger partial charge in [0.15, 0.2) is 6.61 Å². The van der Waals surface area contributed by atoms with E-state index in [1.165, 1.54) is 0 Å². The fourth-order valence-electron chi connectivity index (χ4n) is 1.70. The van der Waals surface area contributed by atoms with Crippen LogP contribution in [0.15, 0.2) is 0 Å². The Morgan fingerprint density at radius 3 is 2.50 bits per heavy atom. The van der Waals surface area contributed by atoms with Crippen LogP contribution >= 0.6 is 12.0 Å². The first kappa shape index (κ1) is 17.1. The monoisotopic (exact) mass is 316 g/mol. The summed E-state index contributed by atoms with van der Waals surface area (Å²) in [6.45, 7) is -0.911. The lowest BCUT2D eigenvalue weighted by molar-refractivity contribution is -0.433. The molecule has 1 aliphatic rings. The van der Waals surface area contributed by atoms with Crippen molar-refractivity contribution in [2.24, 2.45) is 0 Å². The second kappa shape index (κ2) is 8.35. The van der Waals surface area contributed by atoms with Crippen molar-refractivity contribution in [2.45, 2.75) is 43.5 Å². The van der Waals surface area contributed by atoms with Crippen LogP contribution in [-0.2, 0) is 28.4 Å². The third-order valence-corrected chi connectivity index (χ3v) is 3.08. The van der Waals surface area contributed by atoms with Crippen molar-refractivity contribution in [3.05, 3.63) is 0 Å². The molecule has 1 N–H and O–H groups in total. The third-order valence-electron chi connectivity index (χ3n) is 2.58. The average molecular weight is 316 g/mol. The highest BCUT2D eigenvalue weighted by molar-refractivity contribution is 7.96. The lowest BCUT2D eigenvalue weighted by Crippen LogP contribution is -2.31. The van der Waals surface area contributed by atoms with Crippen molar-refractivity contribution in [1.82, 2.24) is 0 Å². The molecule has 10 heteroatoms. The molecule has 116 valence electrons. The van der Waals surface area contributed by atoms with Gasteiger partial charge in [-0.1, -0.05) is 11.5 Å². The minimum atomic E-state index is -4.12. The Morgan fingerprint density at radius 1 is 1.25 bits per heavy atom. The number of alkyl halides is 2. The zero-order valence-electron chi connectivity index (χ0n) is 10.4. The fourth-order valence-corrected chi connectivity index (χ4v) is 1.95. The molecule has 0 unspecified atom stereocenters. The maximum Gasteiger partial charge on any atom is 0.415 e. The molecule has 1 rings (SSSR count). The van der Waals surface area contributed by atoms with Gasteiger partial charge in [0.25, 0.3) is 0 Å². The lowest BCUT2D eigenvalue weighted by Gasteiger charge is -2.21. The van der Waals surface area contributed by atoms with Gasteiger partial charge in [0, 0.05) is 0 Å². The van der Waals surface area contributed by atoms with E-state index in [-0.39, 0.29) is 6.10 Å². The van der Waals surface area contributed by atoms with Gasteiger partial charge in [-0.2, -0.15) is 8.78 Å². The Kier molecular flexibility index (Phi) is 7.13. The van der Waals surface area contributed by atoms with Gasteiger partial charge >= 0.3 is 17.2 Å². The smallest absolute Gasteiger partial charge is 0.415 e. The van der Waals surface area contributed by atoms with Crippen molar-refractivity contribution in [1.29, 1.82) is 0 Å². The zero-order chi connectivity index (χ0) is 15.0. The molecular weight excluding hydrogens is 302 g/mol. The third kappa shape index (κ3) is 5.99. The molecule has 0 aromatic heterocycles. The van der Waals surface area contributed by atoms with Gasteiger partial charge in [0.2, 0.25) is 0 Å². The van der Waals surface area contributed by atoms with Crippen LogP contribution in [-0.4, -0.2) is 35.2 Å². The maximum atomic E-state index is 12.9. The molecule has 0 amide bonds. The van der Waals surface area contributed by atoms with Gasteiger partial charge in [-0.05, 0) is 25.7 Å². The molecule has 1 saturated carbocycles. The van der Waals surface area contributed by atoms with E-state index in [4.69, 9.17) is 9.99 Å². The van der Waals surface area contributed by atoms with Crippen LogP contribution in [0.2, 0.25) is 0 Å². The summed E-state index contributed by atoms with van der Waals surface area (Å²) < 4.78 is 38.4. The summed E-state index contributed by atoms with van der Waals surface area (Å²) in [5, 5.41) is 6.53. The van der Waals surface area contributed by atoms with Gasteiger partial charge in [0.1, 0.15) is 18.1 Å². The highest BCUT2D eigenvalue weighted by atomic mass is 32.2. The van der Waals surface area contributed by atoms with E-state index >= 15 is 0 Å². The van der Waals surface area contributed by atoms with E-state index in [1.54, 1.807) is 0 Å². The van der Waals surface area contributed by atoms with Crippen LogP contribution in [0.25, 0.3) is 0 Å². The first-order chi connectivity index (χ1) is 9.45. The molecule has 0 bridgehead atoms. The van der Waals surface area contributed by atoms with Gasteiger partial charge in [-0.25, -0.2) is 14.8 Å². The fraction of sp³-hybridized carbons (Fsp3) is 0.800. The standard InChI is InChI=1S/C10H14F2O7S/c11-10(12,20-19-18-15)9(14)16-6-8(13)17-7-4-2-1-3-5-7/h7,15H,1-6H2. The summed E-state index contributed by atoms with van der Waals surface area (Å²) in [6.07, 6.45) is 4.12. The van der Waals surface area contributed by atoms with Crippen LogP contribution in [0.1, 0.15) is 32.1 Å². The Bertz CT molecular complexity index is 334. The van der Waals surface area contributed by atoms with E-state index in [9.17, 15) is 18.4 Å². The number of carbonyl (C=O) groups excluding carboxylic acids is 2. The minimum Gasteiger partial charge on any atom is -0.460 e. The summed E-state index contributed by atoms with van der Waals surface area (Å²) in [4.78, 5) is 22.3. The number of hydrogen-bond acceptors (Lipinski definition) is 8. The van der Waals surface area contributed by atoms with Crippen LogP contribution in [0.3, 0.4) is 0 Å².